The van der Waals surface area contributed by atoms with Gasteiger partial charge in [-0.05, 0) is 0 Å². The molecule has 1 aromatic carbocycles. The van der Waals surface area contributed by atoms with Crippen molar-refractivity contribution in [2.45, 2.75) is 13.0 Å². The van der Waals surface area contributed by atoms with Gasteiger partial charge in [-0.15, -0.1) is 0 Å². The van der Waals surface area contributed by atoms with Crippen molar-refractivity contribution in [3.8, 4) is 0 Å². The Morgan fingerprint density at radius 2 is 2.08 bits per heavy atom. The molecule has 13 heavy (non-hydrogen) atoms. The Labute approximate surface area is 83.5 Å². The number of hydrogen-bond donors (Lipinski definition) is 2. The monoisotopic (exact) mass is 245 g/mol. The molecule has 0 saturated heterocycles. The standard InChI is InChI=1S/C9H11NO2Se/c1-7(9(11)12)10-13-8-5-3-2-4-6-8/h2-7,10H,1H3,(H,11,12)/t7-/m0/s1. The van der Waals surface area contributed by atoms with Gasteiger partial charge in [-0.1, -0.05) is 0 Å². The Morgan fingerprint density at radius 3 is 2.62 bits per heavy atom. The molecule has 3 nitrogen and oxygen atoms in total. The van der Waals surface area contributed by atoms with E-state index in [0.717, 1.165) is 4.46 Å². The molecule has 0 unspecified atom stereocenters. The fourth-order valence-electron chi connectivity index (χ4n) is 0.695. The summed E-state index contributed by atoms with van der Waals surface area (Å²) in [6.07, 6.45) is 0. The van der Waals surface area contributed by atoms with E-state index < -0.39 is 12.0 Å². The van der Waals surface area contributed by atoms with Crippen molar-refractivity contribution >= 4 is 25.6 Å². The Hall–Kier alpha value is -0.831. The summed E-state index contributed by atoms with van der Waals surface area (Å²) < 4.78 is 4.12. The average molecular weight is 244 g/mol. The Kier molecular flexibility index (Phi) is 3.96. The van der Waals surface area contributed by atoms with Crippen LogP contribution in [0.2, 0.25) is 0 Å². The van der Waals surface area contributed by atoms with E-state index in [2.05, 4.69) is 4.33 Å². The fourth-order valence-corrected chi connectivity index (χ4v) is 2.18. The van der Waals surface area contributed by atoms with Crippen LogP contribution in [-0.2, 0) is 4.79 Å². The predicted molar refractivity (Wildman–Crippen MR) is 52.1 cm³/mol. The third-order valence-electron chi connectivity index (χ3n) is 1.47. The molecule has 1 rings (SSSR count). The molecule has 0 saturated carbocycles. The molecule has 2 N–H and O–H groups in total. The maximum atomic E-state index is 10.5. The molecule has 0 aromatic heterocycles. The van der Waals surface area contributed by atoms with Crippen molar-refractivity contribution in [1.29, 1.82) is 0 Å². The number of carboxylic acid groups (broad SMARTS) is 1. The summed E-state index contributed by atoms with van der Waals surface area (Å²) in [4.78, 5) is 10.5. The molecule has 0 aliphatic heterocycles. The van der Waals surface area contributed by atoms with Crippen molar-refractivity contribution in [1.82, 2.24) is 4.33 Å². The summed E-state index contributed by atoms with van der Waals surface area (Å²) in [5, 5.41) is 8.61. The van der Waals surface area contributed by atoms with Crippen molar-refractivity contribution in [3.63, 3.8) is 0 Å². The quantitative estimate of drug-likeness (QED) is 0.733. The van der Waals surface area contributed by atoms with Crippen LogP contribution in [0.15, 0.2) is 30.3 Å². The first-order chi connectivity index (χ1) is 6.20. The van der Waals surface area contributed by atoms with E-state index in [-0.39, 0.29) is 15.2 Å². The van der Waals surface area contributed by atoms with Gasteiger partial charge in [-0.2, -0.15) is 0 Å². The Bertz CT molecular complexity index is 276. The van der Waals surface area contributed by atoms with E-state index in [1.165, 1.54) is 0 Å². The summed E-state index contributed by atoms with van der Waals surface area (Å²) in [5.41, 5.74) is 0. The van der Waals surface area contributed by atoms with E-state index in [0.29, 0.717) is 0 Å². The van der Waals surface area contributed by atoms with Gasteiger partial charge in [0.2, 0.25) is 0 Å². The second-order valence-electron chi connectivity index (χ2n) is 2.59. The van der Waals surface area contributed by atoms with E-state index in [4.69, 9.17) is 5.11 Å². The van der Waals surface area contributed by atoms with Gasteiger partial charge in [0.1, 0.15) is 0 Å². The molecular weight excluding hydrogens is 233 g/mol. The first-order valence-electron chi connectivity index (χ1n) is 3.90. The van der Waals surface area contributed by atoms with Gasteiger partial charge < -0.3 is 0 Å². The Morgan fingerprint density at radius 1 is 1.46 bits per heavy atom. The molecule has 0 aliphatic rings. The van der Waals surface area contributed by atoms with Gasteiger partial charge in [-0.3, -0.25) is 0 Å². The van der Waals surface area contributed by atoms with Crippen molar-refractivity contribution in [2.75, 3.05) is 0 Å². The number of nitrogens with one attached hydrogen (secondary N) is 1. The van der Waals surface area contributed by atoms with Gasteiger partial charge in [0.05, 0.1) is 0 Å². The Balaban J connectivity index is 2.39. The third-order valence-corrected chi connectivity index (χ3v) is 3.52. The van der Waals surface area contributed by atoms with Crippen molar-refractivity contribution in [2.24, 2.45) is 0 Å². The van der Waals surface area contributed by atoms with E-state index in [9.17, 15) is 4.79 Å². The van der Waals surface area contributed by atoms with Crippen LogP contribution in [-0.4, -0.2) is 32.3 Å². The van der Waals surface area contributed by atoms with Crippen LogP contribution in [0.25, 0.3) is 0 Å². The zero-order valence-corrected chi connectivity index (χ0v) is 8.94. The second kappa shape index (κ2) is 5.02. The third kappa shape index (κ3) is 3.59. The van der Waals surface area contributed by atoms with E-state index in [1.54, 1.807) is 6.92 Å². The van der Waals surface area contributed by atoms with Crippen LogP contribution >= 0.6 is 0 Å². The molecule has 0 amide bonds. The predicted octanol–water partition coefficient (Wildman–Crippen LogP) is -0.00620. The summed E-state index contributed by atoms with van der Waals surface area (Å²) in [7, 11) is 0. The zero-order valence-electron chi connectivity index (χ0n) is 7.23. The minimum atomic E-state index is -0.808. The van der Waals surface area contributed by atoms with Gasteiger partial charge in [0.25, 0.3) is 0 Å². The molecule has 4 heteroatoms. The van der Waals surface area contributed by atoms with Crippen LogP contribution in [0.4, 0.5) is 0 Å². The molecule has 0 spiro atoms. The number of carbonyl (C=O) groups is 1. The molecule has 0 aliphatic carbocycles. The molecule has 0 radical (unpaired) electrons. The normalized spacial score (nSPS) is 12.4. The van der Waals surface area contributed by atoms with Gasteiger partial charge in [0, 0.05) is 0 Å². The zero-order chi connectivity index (χ0) is 9.68. The van der Waals surface area contributed by atoms with Crippen LogP contribution in [0.3, 0.4) is 0 Å². The summed E-state index contributed by atoms with van der Waals surface area (Å²) in [6.45, 7) is 1.65. The second-order valence-corrected chi connectivity index (χ2v) is 4.50. The van der Waals surface area contributed by atoms with E-state index in [1.807, 2.05) is 30.3 Å². The van der Waals surface area contributed by atoms with Gasteiger partial charge in [-0.25, -0.2) is 0 Å². The van der Waals surface area contributed by atoms with Gasteiger partial charge in [0.15, 0.2) is 0 Å². The number of aliphatic carboxylic acids is 1. The van der Waals surface area contributed by atoms with Crippen LogP contribution in [0.1, 0.15) is 6.92 Å². The van der Waals surface area contributed by atoms with Crippen molar-refractivity contribution < 1.29 is 9.90 Å². The van der Waals surface area contributed by atoms with Crippen LogP contribution in [0, 0.1) is 0 Å². The number of carboxylic acids is 1. The molecule has 0 fully saturated rings. The summed E-state index contributed by atoms with van der Waals surface area (Å²) in [6, 6.07) is 9.35. The topological polar surface area (TPSA) is 49.3 Å². The summed E-state index contributed by atoms with van der Waals surface area (Å²) in [5.74, 6) is -0.808. The van der Waals surface area contributed by atoms with Crippen LogP contribution < -0.4 is 8.79 Å². The molecular formula is C9H11NO2Se. The molecule has 1 aromatic rings. The maximum absolute atomic E-state index is 10.5. The first-order valence-corrected chi connectivity index (χ1v) is 5.61. The summed E-state index contributed by atoms with van der Waals surface area (Å²) >= 11 is 0.0407. The van der Waals surface area contributed by atoms with Gasteiger partial charge >= 0.3 is 83.1 Å². The average Bonchev–Trinajstić information content (AvgIpc) is 2.15. The minimum absolute atomic E-state index is 0.0407. The SMILES string of the molecule is C[C@H](N[Se]c1ccccc1)C(=O)O. The molecule has 70 valence electrons. The number of hydrogen-bond acceptors (Lipinski definition) is 2. The van der Waals surface area contributed by atoms with Crippen LogP contribution in [0.5, 0.6) is 0 Å². The molecule has 0 heterocycles. The van der Waals surface area contributed by atoms with Crippen molar-refractivity contribution in [3.05, 3.63) is 30.3 Å². The first kappa shape index (κ1) is 10.3. The molecule has 0 bridgehead atoms. The number of rotatable bonds is 4. The number of benzene rings is 1. The fraction of sp³-hybridized carbons (Fsp3) is 0.222. The van der Waals surface area contributed by atoms with E-state index >= 15 is 0 Å². The molecule has 1 atom stereocenters.